The molecule has 0 aromatic heterocycles. The smallest absolute Gasteiger partial charge is 0.320 e. The van der Waals surface area contributed by atoms with Gasteiger partial charge >= 0.3 is 5.97 Å². The van der Waals surface area contributed by atoms with Gasteiger partial charge in [0.15, 0.2) is 0 Å². The van der Waals surface area contributed by atoms with Crippen LogP contribution in [0.1, 0.15) is 31.2 Å². The van der Waals surface area contributed by atoms with E-state index in [0.717, 1.165) is 12.8 Å². The Bertz CT molecular complexity index is 367. The number of aryl methyl sites for hydroxylation is 1. The third-order valence-electron chi connectivity index (χ3n) is 3.29. The van der Waals surface area contributed by atoms with Crippen molar-refractivity contribution >= 4 is 5.97 Å². The first-order valence-corrected chi connectivity index (χ1v) is 6.75. The number of carboxylic acids is 1. The van der Waals surface area contributed by atoms with Gasteiger partial charge in [0.2, 0.25) is 0 Å². The number of carbonyl (C=O) groups is 1. The third kappa shape index (κ3) is 6.36. The molecule has 0 bridgehead atoms. The van der Waals surface area contributed by atoms with Gasteiger partial charge in [0, 0.05) is 0 Å². The molecule has 2 atom stereocenters. The molecule has 0 saturated carbocycles. The molecule has 0 heterocycles. The highest BCUT2D eigenvalue weighted by Gasteiger charge is 2.14. The van der Waals surface area contributed by atoms with Gasteiger partial charge in [-0.05, 0) is 44.7 Å². The average Bonchev–Trinajstić information content (AvgIpc) is 2.42. The van der Waals surface area contributed by atoms with Gasteiger partial charge in [-0.1, -0.05) is 30.3 Å². The average molecular weight is 265 g/mol. The number of aliphatic hydroxyl groups excluding tert-OH is 1. The van der Waals surface area contributed by atoms with E-state index in [1.54, 1.807) is 7.05 Å². The Kier molecular flexibility index (Phi) is 7.15. The van der Waals surface area contributed by atoms with E-state index in [1.165, 1.54) is 5.56 Å². The minimum Gasteiger partial charge on any atom is -0.480 e. The summed E-state index contributed by atoms with van der Waals surface area (Å²) in [7, 11) is 1.64. The van der Waals surface area contributed by atoms with Crippen LogP contribution in [0.3, 0.4) is 0 Å². The van der Waals surface area contributed by atoms with Crippen LogP contribution in [0.15, 0.2) is 30.3 Å². The second-order valence-corrected chi connectivity index (χ2v) is 4.79. The van der Waals surface area contributed by atoms with Gasteiger partial charge in [-0.15, -0.1) is 0 Å². The molecule has 106 valence electrons. The maximum Gasteiger partial charge on any atom is 0.320 e. The number of aliphatic carboxylic acids is 1. The van der Waals surface area contributed by atoms with E-state index in [9.17, 15) is 9.90 Å². The molecular weight excluding hydrogens is 242 g/mol. The highest BCUT2D eigenvalue weighted by molar-refractivity contribution is 5.73. The molecule has 1 aromatic carbocycles. The second kappa shape index (κ2) is 8.67. The van der Waals surface area contributed by atoms with Crippen LogP contribution in [0.2, 0.25) is 0 Å². The molecule has 4 nitrogen and oxygen atoms in total. The molecule has 1 aromatic rings. The molecule has 0 aliphatic carbocycles. The lowest BCUT2D eigenvalue weighted by molar-refractivity contribution is -0.139. The minimum absolute atomic E-state index is 0.355. The fourth-order valence-corrected chi connectivity index (χ4v) is 2.07. The number of benzene rings is 1. The molecule has 2 unspecified atom stereocenters. The number of hydrogen-bond acceptors (Lipinski definition) is 3. The van der Waals surface area contributed by atoms with Crippen molar-refractivity contribution in [2.45, 2.75) is 44.2 Å². The molecule has 3 N–H and O–H groups in total. The van der Waals surface area contributed by atoms with Gasteiger partial charge in [0.25, 0.3) is 0 Å². The Balaban J connectivity index is 2.17. The second-order valence-electron chi connectivity index (χ2n) is 4.79. The van der Waals surface area contributed by atoms with Gasteiger partial charge in [0.05, 0.1) is 6.10 Å². The summed E-state index contributed by atoms with van der Waals surface area (Å²) in [4.78, 5) is 10.8. The van der Waals surface area contributed by atoms with Crippen LogP contribution in [-0.2, 0) is 11.2 Å². The Morgan fingerprint density at radius 2 is 1.89 bits per heavy atom. The summed E-state index contributed by atoms with van der Waals surface area (Å²) in [5.74, 6) is -0.832. The first kappa shape index (κ1) is 15.7. The van der Waals surface area contributed by atoms with Crippen molar-refractivity contribution in [3.63, 3.8) is 0 Å². The number of nitrogens with one attached hydrogen (secondary N) is 1. The predicted octanol–water partition coefficient (Wildman–Crippen LogP) is 1.82. The zero-order valence-electron chi connectivity index (χ0n) is 11.4. The van der Waals surface area contributed by atoms with Crippen LogP contribution in [-0.4, -0.2) is 35.4 Å². The monoisotopic (exact) mass is 265 g/mol. The highest BCUT2D eigenvalue weighted by atomic mass is 16.4. The molecular formula is C15H23NO3. The summed E-state index contributed by atoms with van der Waals surface area (Å²) in [6, 6.07) is 9.55. The van der Waals surface area contributed by atoms with E-state index in [4.69, 9.17) is 5.11 Å². The quantitative estimate of drug-likeness (QED) is 0.637. The summed E-state index contributed by atoms with van der Waals surface area (Å²) in [5.41, 5.74) is 1.22. The summed E-state index contributed by atoms with van der Waals surface area (Å²) in [6.45, 7) is 0. The van der Waals surface area contributed by atoms with Gasteiger partial charge in [-0.2, -0.15) is 0 Å². The molecule has 0 radical (unpaired) electrons. The molecule has 0 saturated heterocycles. The van der Waals surface area contributed by atoms with E-state index >= 15 is 0 Å². The maximum absolute atomic E-state index is 10.8. The largest absolute Gasteiger partial charge is 0.480 e. The van der Waals surface area contributed by atoms with E-state index in [-0.39, 0.29) is 6.10 Å². The normalized spacial score (nSPS) is 14.0. The van der Waals surface area contributed by atoms with Crippen LogP contribution >= 0.6 is 0 Å². The molecule has 0 spiro atoms. The van der Waals surface area contributed by atoms with Crippen molar-refractivity contribution in [1.29, 1.82) is 0 Å². The highest BCUT2D eigenvalue weighted by Crippen LogP contribution is 2.11. The molecule has 19 heavy (non-hydrogen) atoms. The van der Waals surface area contributed by atoms with Gasteiger partial charge in [-0.25, -0.2) is 0 Å². The molecule has 1 rings (SSSR count). The topological polar surface area (TPSA) is 69.6 Å². The van der Waals surface area contributed by atoms with Crippen LogP contribution in [0, 0.1) is 0 Å². The van der Waals surface area contributed by atoms with E-state index in [1.807, 2.05) is 30.3 Å². The van der Waals surface area contributed by atoms with Crippen molar-refractivity contribution in [2.24, 2.45) is 0 Å². The minimum atomic E-state index is -0.832. The lowest BCUT2D eigenvalue weighted by Gasteiger charge is -2.13. The Labute approximate surface area is 114 Å². The molecule has 0 aliphatic heterocycles. The van der Waals surface area contributed by atoms with Crippen molar-refractivity contribution in [2.75, 3.05) is 7.05 Å². The third-order valence-corrected chi connectivity index (χ3v) is 3.29. The first-order chi connectivity index (χ1) is 9.13. The molecule has 4 heteroatoms. The SMILES string of the molecule is CNC(CCCC(O)CCc1ccccc1)C(=O)O. The van der Waals surface area contributed by atoms with E-state index in [0.29, 0.717) is 19.3 Å². The zero-order valence-corrected chi connectivity index (χ0v) is 11.4. The fourth-order valence-electron chi connectivity index (χ4n) is 2.07. The van der Waals surface area contributed by atoms with Gasteiger partial charge in [-0.3, -0.25) is 4.79 Å². The van der Waals surface area contributed by atoms with Crippen LogP contribution < -0.4 is 5.32 Å². The van der Waals surface area contributed by atoms with E-state index in [2.05, 4.69) is 5.32 Å². The van der Waals surface area contributed by atoms with Crippen LogP contribution in [0.25, 0.3) is 0 Å². The standard InChI is InChI=1S/C15H23NO3/c1-16-14(15(18)19)9-5-8-13(17)11-10-12-6-3-2-4-7-12/h2-4,6-7,13-14,16-17H,5,8-11H2,1H3,(H,18,19). The number of carboxylic acid groups (broad SMARTS) is 1. The summed E-state index contributed by atoms with van der Waals surface area (Å²) in [5, 5.41) is 21.5. The molecule has 0 fully saturated rings. The lowest BCUT2D eigenvalue weighted by atomic mass is 10.0. The van der Waals surface area contributed by atoms with Gasteiger partial charge < -0.3 is 15.5 Å². The number of aliphatic hydroxyl groups is 1. The first-order valence-electron chi connectivity index (χ1n) is 6.75. The summed E-state index contributed by atoms with van der Waals surface area (Å²) < 4.78 is 0. The fraction of sp³-hybridized carbons (Fsp3) is 0.533. The Morgan fingerprint density at radius 3 is 2.47 bits per heavy atom. The number of hydrogen-bond donors (Lipinski definition) is 3. The Hall–Kier alpha value is -1.39. The lowest BCUT2D eigenvalue weighted by Crippen LogP contribution is -2.33. The maximum atomic E-state index is 10.8. The van der Waals surface area contributed by atoms with Crippen LogP contribution in [0.4, 0.5) is 0 Å². The van der Waals surface area contributed by atoms with Crippen molar-refractivity contribution < 1.29 is 15.0 Å². The van der Waals surface area contributed by atoms with Crippen molar-refractivity contribution in [1.82, 2.24) is 5.32 Å². The molecule has 0 amide bonds. The van der Waals surface area contributed by atoms with Crippen LogP contribution in [0.5, 0.6) is 0 Å². The number of likely N-dealkylation sites (N-methyl/N-ethyl adjacent to an activating group) is 1. The zero-order chi connectivity index (χ0) is 14.1. The van der Waals surface area contributed by atoms with Gasteiger partial charge in [0.1, 0.15) is 6.04 Å². The van der Waals surface area contributed by atoms with Crippen molar-refractivity contribution in [3.8, 4) is 0 Å². The van der Waals surface area contributed by atoms with E-state index < -0.39 is 12.0 Å². The summed E-state index contributed by atoms with van der Waals surface area (Å²) in [6.07, 6.45) is 3.14. The molecule has 0 aliphatic rings. The number of rotatable bonds is 9. The predicted molar refractivity (Wildman–Crippen MR) is 75.1 cm³/mol. The van der Waals surface area contributed by atoms with Crippen molar-refractivity contribution in [3.05, 3.63) is 35.9 Å². The summed E-state index contributed by atoms with van der Waals surface area (Å²) >= 11 is 0. The Morgan fingerprint density at radius 1 is 1.21 bits per heavy atom.